The number of halogens is 1. The molecule has 6 rings (SSSR count). The van der Waals surface area contributed by atoms with Gasteiger partial charge in [-0.05, 0) is 53.4 Å². The summed E-state index contributed by atoms with van der Waals surface area (Å²) < 4.78 is 4.84. The fourth-order valence-electron chi connectivity index (χ4n) is 5.69. The summed E-state index contributed by atoms with van der Waals surface area (Å²) in [5.74, 6) is -0.576. The number of benzene rings is 3. The molecule has 7 nitrogen and oxygen atoms in total. The van der Waals surface area contributed by atoms with Gasteiger partial charge < -0.3 is 19.5 Å². The Bertz CT molecular complexity index is 1540. The Morgan fingerprint density at radius 2 is 1.76 bits per heavy atom. The van der Waals surface area contributed by atoms with Crippen LogP contribution >= 0.6 is 11.6 Å². The van der Waals surface area contributed by atoms with Gasteiger partial charge in [-0.3, -0.25) is 9.59 Å². The lowest BCUT2D eigenvalue weighted by molar-refractivity contribution is -0.158. The fourth-order valence-corrected chi connectivity index (χ4v) is 5.82. The van der Waals surface area contributed by atoms with Crippen LogP contribution in [0, 0.1) is 0 Å². The number of carbonyl (C=O) groups excluding carboxylic acids is 3. The van der Waals surface area contributed by atoms with E-state index in [0.29, 0.717) is 30.0 Å². The number of nitrogens with zero attached hydrogens (tertiary/aromatic N) is 2. The number of methoxy groups -OCH3 is 1. The van der Waals surface area contributed by atoms with Crippen LogP contribution in [0.15, 0.2) is 72.8 Å². The van der Waals surface area contributed by atoms with Gasteiger partial charge in [0.05, 0.1) is 25.3 Å². The Labute approximate surface area is 224 Å². The lowest BCUT2D eigenvalue weighted by Crippen LogP contribution is -2.63. The molecule has 4 aromatic rings. The molecule has 3 heterocycles. The Balaban J connectivity index is 1.37. The third-order valence-corrected chi connectivity index (χ3v) is 7.83. The van der Waals surface area contributed by atoms with E-state index in [1.54, 1.807) is 21.9 Å². The molecule has 192 valence electrons. The monoisotopic (exact) mass is 527 g/mol. The van der Waals surface area contributed by atoms with Crippen LogP contribution in [0.2, 0.25) is 5.02 Å². The van der Waals surface area contributed by atoms with Crippen LogP contribution in [-0.2, 0) is 27.2 Å². The minimum absolute atomic E-state index is 0.0230. The van der Waals surface area contributed by atoms with Crippen molar-refractivity contribution in [3.05, 3.63) is 106 Å². The number of piperazine rings is 1. The highest BCUT2D eigenvalue weighted by Gasteiger charge is 2.48. The number of esters is 1. The zero-order valence-corrected chi connectivity index (χ0v) is 21.6. The summed E-state index contributed by atoms with van der Waals surface area (Å²) in [7, 11) is 1.34. The normalized spacial score (nSPS) is 18.9. The summed E-state index contributed by atoms with van der Waals surface area (Å²) in [5, 5.41) is 1.72. The average Bonchev–Trinajstić information content (AvgIpc) is 3.32. The number of carbonyl (C=O) groups is 3. The van der Waals surface area contributed by atoms with Crippen molar-refractivity contribution < 1.29 is 19.1 Å². The van der Waals surface area contributed by atoms with Gasteiger partial charge in [0.15, 0.2) is 0 Å². The van der Waals surface area contributed by atoms with Crippen LogP contribution in [0.4, 0.5) is 0 Å². The van der Waals surface area contributed by atoms with E-state index in [9.17, 15) is 14.4 Å². The SMILES string of the molecule is COC(=O)c1ccc(C2c3[nH]c4ccccc4c3C[C@H]3C(=O)N(CCc4ccc(Cl)cc4)CC(=O)N23)cc1. The number of ether oxygens (including phenoxy) is 1. The Morgan fingerprint density at radius 3 is 2.50 bits per heavy atom. The Hall–Kier alpha value is -4.10. The van der Waals surface area contributed by atoms with E-state index in [2.05, 4.69) is 4.98 Å². The van der Waals surface area contributed by atoms with E-state index < -0.39 is 18.1 Å². The summed E-state index contributed by atoms with van der Waals surface area (Å²) in [6.45, 7) is 0.477. The predicted molar refractivity (Wildman–Crippen MR) is 144 cm³/mol. The van der Waals surface area contributed by atoms with Crippen molar-refractivity contribution in [2.24, 2.45) is 0 Å². The molecule has 2 aliphatic heterocycles. The van der Waals surface area contributed by atoms with E-state index in [-0.39, 0.29) is 18.4 Å². The van der Waals surface area contributed by atoms with Crippen LogP contribution in [0.1, 0.15) is 38.8 Å². The molecule has 1 saturated heterocycles. The first-order valence-electron chi connectivity index (χ1n) is 12.6. The summed E-state index contributed by atoms with van der Waals surface area (Å²) in [5.41, 5.74) is 5.23. The number of amides is 2. The van der Waals surface area contributed by atoms with Gasteiger partial charge in [0.25, 0.3) is 0 Å². The maximum absolute atomic E-state index is 13.8. The molecule has 0 spiro atoms. The molecule has 8 heteroatoms. The number of H-pyrrole nitrogens is 1. The second kappa shape index (κ2) is 9.65. The highest BCUT2D eigenvalue weighted by atomic mass is 35.5. The molecule has 3 aromatic carbocycles. The van der Waals surface area contributed by atoms with E-state index in [4.69, 9.17) is 16.3 Å². The van der Waals surface area contributed by atoms with Crippen molar-refractivity contribution >= 4 is 40.3 Å². The van der Waals surface area contributed by atoms with Gasteiger partial charge >= 0.3 is 5.97 Å². The molecule has 1 fully saturated rings. The quantitative estimate of drug-likeness (QED) is 0.386. The summed E-state index contributed by atoms with van der Waals surface area (Å²) >= 11 is 6.01. The van der Waals surface area contributed by atoms with Gasteiger partial charge in [-0.2, -0.15) is 0 Å². The van der Waals surface area contributed by atoms with Crippen molar-refractivity contribution in [2.45, 2.75) is 24.9 Å². The zero-order valence-electron chi connectivity index (χ0n) is 20.8. The van der Waals surface area contributed by atoms with Crippen molar-refractivity contribution in [1.82, 2.24) is 14.8 Å². The highest BCUT2D eigenvalue weighted by Crippen LogP contribution is 2.42. The lowest BCUT2D eigenvalue weighted by Gasteiger charge is -2.47. The number of hydrogen-bond acceptors (Lipinski definition) is 4. The van der Waals surface area contributed by atoms with Crippen LogP contribution in [0.25, 0.3) is 10.9 Å². The number of hydrogen-bond donors (Lipinski definition) is 1. The number of aromatic nitrogens is 1. The molecule has 1 N–H and O–H groups in total. The van der Waals surface area contributed by atoms with Gasteiger partial charge in [-0.1, -0.05) is 54.1 Å². The van der Waals surface area contributed by atoms with Crippen LogP contribution in [0.3, 0.4) is 0 Å². The molecule has 1 aromatic heterocycles. The smallest absolute Gasteiger partial charge is 0.337 e. The van der Waals surface area contributed by atoms with Crippen molar-refractivity contribution in [2.75, 3.05) is 20.2 Å². The molecule has 0 aliphatic carbocycles. The Kier molecular flexibility index (Phi) is 6.16. The highest BCUT2D eigenvalue weighted by molar-refractivity contribution is 6.30. The first-order chi connectivity index (χ1) is 18.4. The fraction of sp³-hybridized carbons (Fsp3) is 0.233. The van der Waals surface area contributed by atoms with Gasteiger partial charge in [-0.15, -0.1) is 0 Å². The number of fused-ring (bicyclic) bond motifs is 4. The molecular formula is C30H26ClN3O4. The van der Waals surface area contributed by atoms with Gasteiger partial charge in [-0.25, -0.2) is 4.79 Å². The van der Waals surface area contributed by atoms with E-state index in [1.807, 2.05) is 60.7 Å². The van der Waals surface area contributed by atoms with E-state index in [0.717, 1.165) is 33.3 Å². The molecule has 0 radical (unpaired) electrons. The minimum Gasteiger partial charge on any atom is -0.465 e. The summed E-state index contributed by atoms with van der Waals surface area (Å²) in [6, 6.07) is 21.5. The first kappa shape index (κ1) is 24.2. The molecular weight excluding hydrogens is 502 g/mol. The number of rotatable bonds is 5. The molecule has 1 unspecified atom stereocenters. The van der Waals surface area contributed by atoms with Crippen LogP contribution < -0.4 is 0 Å². The summed E-state index contributed by atoms with van der Waals surface area (Å²) in [6.07, 6.45) is 1.08. The lowest BCUT2D eigenvalue weighted by atomic mass is 9.86. The van der Waals surface area contributed by atoms with Gasteiger partial charge in [0.1, 0.15) is 6.04 Å². The summed E-state index contributed by atoms with van der Waals surface area (Å²) in [4.78, 5) is 46.5. The van der Waals surface area contributed by atoms with Gasteiger partial charge in [0.2, 0.25) is 11.8 Å². The van der Waals surface area contributed by atoms with Crippen molar-refractivity contribution in [3.8, 4) is 0 Å². The molecule has 2 atom stereocenters. The second-order valence-electron chi connectivity index (χ2n) is 9.74. The molecule has 38 heavy (non-hydrogen) atoms. The third kappa shape index (κ3) is 4.13. The van der Waals surface area contributed by atoms with E-state index >= 15 is 0 Å². The second-order valence-corrected chi connectivity index (χ2v) is 10.2. The van der Waals surface area contributed by atoms with Crippen LogP contribution in [0.5, 0.6) is 0 Å². The zero-order chi connectivity index (χ0) is 26.4. The number of para-hydroxylation sites is 1. The van der Waals surface area contributed by atoms with Crippen LogP contribution in [-0.4, -0.2) is 58.8 Å². The third-order valence-electron chi connectivity index (χ3n) is 7.57. The maximum atomic E-state index is 13.8. The largest absolute Gasteiger partial charge is 0.465 e. The molecule has 2 amide bonds. The molecule has 0 bridgehead atoms. The average molecular weight is 528 g/mol. The number of aromatic amines is 1. The molecule has 0 saturated carbocycles. The predicted octanol–water partition coefficient (Wildman–Crippen LogP) is 4.54. The molecule has 2 aliphatic rings. The maximum Gasteiger partial charge on any atom is 0.337 e. The van der Waals surface area contributed by atoms with Crippen molar-refractivity contribution in [3.63, 3.8) is 0 Å². The Morgan fingerprint density at radius 1 is 1.03 bits per heavy atom. The topological polar surface area (TPSA) is 82.7 Å². The van der Waals surface area contributed by atoms with Crippen molar-refractivity contribution in [1.29, 1.82) is 0 Å². The van der Waals surface area contributed by atoms with E-state index in [1.165, 1.54) is 7.11 Å². The minimum atomic E-state index is -0.613. The standard InChI is InChI=1S/C30H26ClN3O4/c1-38-30(37)20-10-8-19(9-11-20)28-27-23(22-4-2-3-5-24(22)32-27)16-25-29(36)33(17-26(35)34(25)28)15-14-18-6-12-21(31)13-7-18/h2-13,25,28,32H,14-17H2,1H3/t25-,28?/m0/s1. The number of nitrogens with one attached hydrogen (secondary N) is 1. The van der Waals surface area contributed by atoms with Gasteiger partial charge in [0, 0.05) is 34.6 Å². The first-order valence-corrected chi connectivity index (χ1v) is 12.9.